The number of hydrogen-bond donors (Lipinski definition) is 2. The lowest BCUT2D eigenvalue weighted by atomic mass is 10.1. The molecule has 5 nitrogen and oxygen atoms in total. The van der Waals surface area contributed by atoms with Crippen molar-refractivity contribution in [2.75, 3.05) is 24.2 Å². The summed E-state index contributed by atoms with van der Waals surface area (Å²) in [6, 6.07) is 1.59. The smallest absolute Gasteiger partial charge is 0.340 e. The van der Waals surface area contributed by atoms with Crippen LogP contribution in [0.25, 0.3) is 0 Å². The molecule has 0 atom stereocenters. The number of rotatable bonds is 10. The van der Waals surface area contributed by atoms with Crippen LogP contribution in [0.1, 0.15) is 62.7 Å². The zero-order chi connectivity index (χ0) is 15.5. The van der Waals surface area contributed by atoms with E-state index >= 15 is 0 Å². The van der Waals surface area contributed by atoms with Gasteiger partial charge in [-0.1, -0.05) is 39.0 Å². The number of anilines is 2. The van der Waals surface area contributed by atoms with Crippen LogP contribution in [0, 0.1) is 0 Å². The molecule has 21 heavy (non-hydrogen) atoms. The normalized spacial score (nSPS) is 10.4. The molecule has 0 bridgehead atoms. The van der Waals surface area contributed by atoms with Crippen LogP contribution in [-0.4, -0.2) is 24.1 Å². The number of nitrogens with two attached hydrogens (primary N) is 1. The fourth-order valence-corrected chi connectivity index (χ4v) is 2.11. The average molecular weight is 293 g/mol. The summed E-state index contributed by atoms with van der Waals surface area (Å²) in [5.41, 5.74) is 6.70. The first-order valence-corrected chi connectivity index (χ1v) is 7.86. The lowest BCUT2D eigenvalue weighted by molar-refractivity contribution is 0.0527. The van der Waals surface area contributed by atoms with E-state index in [2.05, 4.69) is 17.2 Å². The summed E-state index contributed by atoms with van der Waals surface area (Å²) in [6.45, 7) is 5.14. The molecule has 3 N–H and O–H groups in total. The maximum Gasteiger partial charge on any atom is 0.340 e. The van der Waals surface area contributed by atoms with Crippen LogP contribution < -0.4 is 11.1 Å². The monoisotopic (exact) mass is 293 g/mol. The van der Waals surface area contributed by atoms with Crippen molar-refractivity contribution in [1.82, 2.24) is 4.98 Å². The number of carbonyl (C=O) groups excluding carboxylic acids is 1. The Bertz CT molecular complexity index is 436. The molecule has 1 rings (SSSR count). The summed E-state index contributed by atoms with van der Waals surface area (Å²) in [4.78, 5) is 15.9. The van der Waals surface area contributed by atoms with E-state index in [1.165, 1.54) is 32.1 Å². The predicted octanol–water partition coefficient (Wildman–Crippen LogP) is 3.61. The van der Waals surface area contributed by atoms with Crippen molar-refractivity contribution >= 4 is 17.5 Å². The quantitative estimate of drug-likeness (QED) is 0.509. The third-order valence-corrected chi connectivity index (χ3v) is 3.31. The SMILES string of the molecule is CCCCCCCCNc1nccc(C(=O)OCC)c1N. The number of pyridine rings is 1. The number of nitrogens with one attached hydrogen (secondary N) is 1. The van der Waals surface area contributed by atoms with Gasteiger partial charge < -0.3 is 15.8 Å². The van der Waals surface area contributed by atoms with Crippen molar-refractivity contribution < 1.29 is 9.53 Å². The highest BCUT2D eigenvalue weighted by molar-refractivity contribution is 5.97. The van der Waals surface area contributed by atoms with Gasteiger partial charge in [0.05, 0.1) is 17.9 Å². The number of nitrogens with zero attached hydrogens (tertiary/aromatic N) is 1. The van der Waals surface area contributed by atoms with E-state index < -0.39 is 5.97 Å². The number of esters is 1. The Balaban J connectivity index is 2.41. The second-order valence-corrected chi connectivity index (χ2v) is 5.04. The molecule has 118 valence electrons. The topological polar surface area (TPSA) is 77.2 Å². The number of hydrogen-bond acceptors (Lipinski definition) is 5. The Hall–Kier alpha value is -1.78. The van der Waals surface area contributed by atoms with E-state index in [4.69, 9.17) is 10.5 Å². The summed E-state index contributed by atoms with van der Waals surface area (Å²) in [5, 5.41) is 3.20. The Kier molecular flexibility index (Phi) is 8.24. The van der Waals surface area contributed by atoms with Crippen LogP contribution in [0.5, 0.6) is 0 Å². The number of aromatic nitrogens is 1. The second kappa shape index (κ2) is 10.0. The average Bonchev–Trinajstić information content (AvgIpc) is 2.48. The van der Waals surface area contributed by atoms with Crippen molar-refractivity contribution in [3.63, 3.8) is 0 Å². The van der Waals surface area contributed by atoms with Crippen molar-refractivity contribution in [1.29, 1.82) is 0 Å². The third kappa shape index (κ3) is 6.02. The highest BCUT2D eigenvalue weighted by Gasteiger charge is 2.14. The minimum Gasteiger partial charge on any atom is -0.462 e. The van der Waals surface area contributed by atoms with Gasteiger partial charge in [-0.25, -0.2) is 9.78 Å². The Morgan fingerprint density at radius 1 is 1.24 bits per heavy atom. The van der Waals surface area contributed by atoms with Gasteiger partial charge in [0.1, 0.15) is 5.82 Å². The van der Waals surface area contributed by atoms with Gasteiger partial charge >= 0.3 is 5.97 Å². The minimum absolute atomic E-state index is 0.334. The first-order valence-electron chi connectivity index (χ1n) is 7.86. The van der Waals surface area contributed by atoms with Crippen molar-refractivity contribution in [2.24, 2.45) is 0 Å². The van der Waals surface area contributed by atoms with Crippen molar-refractivity contribution in [2.45, 2.75) is 52.4 Å². The van der Waals surface area contributed by atoms with Gasteiger partial charge in [0.2, 0.25) is 0 Å². The van der Waals surface area contributed by atoms with Gasteiger partial charge in [0.15, 0.2) is 0 Å². The molecule has 0 aliphatic carbocycles. The van der Waals surface area contributed by atoms with Crippen LogP contribution in [0.15, 0.2) is 12.3 Å². The summed E-state index contributed by atoms with van der Waals surface area (Å²) >= 11 is 0. The largest absolute Gasteiger partial charge is 0.462 e. The molecule has 1 heterocycles. The van der Waals surface area contributed by atoms with E-state index in [1.54, 1.807) is 19.2 Å². The van der Waals surface area contributed by atoms with Crippen LogP contribution in [0.3, 0.4) is 0 Å². The highest BCUT2D eigenvalue weighted by Crippen LogP contribution is 2.20. The Labute approximate surface area is 127 Å². The molecule has 0 amide bonds. The summed E-state index contributed by atoms with van der Waals surface area (Å²) in [7, 11) is 0. The van der Waals surface area contributed by atoms with Crippen LogP contribution in [0.2, 0.25) is 0 Å². The van der Waals surface area contributed by atoms with Crippen molar-refractivity contribution in [3.05, 3.63) is 17.8 Å². The van der Waals surface area contributed by atoms with Gasteiger partial charge in [0.25, 0.3) is 0 Å². The molecule has 0 spiro atoms. The molecule has 0 aliphatic rings. The van der Waals surface area contributed by atoms with Crippen LogP contribution >= 0.6 is 0 Å². The van der Waals surface area contributed by atoms with E-state index in [9.17, 15) is 4.79 Å². The summed E-state index contributed by atoms with van der Waals surface area (Å²) < 4.78 is 4.97. The maximum atomic E-state index is 11.7. The lowest BCUT2D eigenvalue weighted by Crippen LogP contribution is -2.12. The first kappa shape index (κ1) is 17.3. The second-order valence-electron chi connectivity index (χ2n) is 5.04. The molecule has 0 fully saturated rings. The number of nitrogen functional groups attached to an aromatic ring is 1. The molecule has 0 aromatic carbocycles. The standard InChI is InChI=1S/C16H27N3O2/c1-3-5-6-7-8-9-11-18-15-14(17)13(10-12-19-15)16(20)21-4-2/h10,12H,3-9,11,17H2,1-2H3,(H,18,19). The van der Waals surface area contributed by atoms with E-state index in [1.807, 2.05) is 0 Å². The van der Waals surface area contributed by atoms with E-state index in [0.29, 0.717) is 23.7 Å². The van der Waals surface area contributed by atoms with Gasteiger partial charge in [0, 0.05) is 12.7 Å². The molecule has 0 saturated heterocycles. The molecule has 0 aliphatic heterocycles. The van der Waals surface area contributed by atoms with Crippen LogP contribution in [-0.2, 0) is 4.74 Å². The number of carbonyl (C=O) groups is 1. The first-order chi connectivity index (χ1) is 10.2. The molecule has 1 aromatic heterocycles. The number of unbranched alkanes of at least 4 members (excludes halogenated alkanes) is 5. The van der Waals surface area contributed by atoms with E-state index in [0.717, 1.165) is 13.0 Å². The molecule has 1 aromatic rings. The molecule has 5 heteroatoms. The molecular formula is C16H27N3O2. The summed E-state index contributed by atoms with van der Waals surface area (Å²) in [5.74, 6) is 0.161. The molecule has 0 unspecified atom stereocenters. The fourth-order valence-electron chi connectivity index (χ4n) is 2.11. The minimum atomic E-state index is -0.403. The summed E-state index contributed by atoms with van der Waals surface area (Å²) in [6.07, 6.45) is 8.99. The third-order valence-electron chi connectivity index (χ3n) is 3.31. The van der Waals surface area contributed by atoms with Gasteiger partial charge in [-0.2, -0.15) is 0 Å². The lowest BCUT2D eigenvalue weighted by Gasteiger charge is -2.11. The fraction of sp³-hybridized carbons (Fsp3) is 0.625. The van der Waals surface area contributed by atoms with Gasteiger partial charge in [-0.3, -0.25) is 0 Å². The molecule has 0 saturated carbocycles. The number of ether oxygens (including phenoxy) is 1. The Morgan fingerprint density at radius 2 is 1.95 bits per heavy atom. The van der Waals surface area contributed by atoms with Crippen molar-refractivity contribution in [3.8, 4) is 0 Å². The van der Waals surface area contributed by atoms with Gasteiger partial charge in [-0.05, 0) is 19.4 Å². The maximum absolute atomic E-state index is 11.7. The van der Waals surface area contributed by atoms with Gasteiger partial charge in [-0.15, -0.1) is 0 Å². The molecule has 0 radical (unpaired) electrons. The van der Waals surface area contributed by atoms with Crippen LogP contribution in [0.4, 0.5) is 11.5 Å². The zero-order valence-corrected chi connectivity index (χ0v) is 13.2. The predicted molar refractivity (Wildman–Crippen MR) is 86.5 cm³/mol. The molecular weight excluding hydrogens is 266 g/mol. The Morgan fingerprint density at radius 3 is 2.67 bits per heavy atom. The van der Waals surface area contributed by atoms with E-state index in [-0.39, 0.29) is 0 Å². The zero-order valence-electron chi connectivity index (χ0n) is 13.2. The highest BCUT2D eigenvalue weighted by atomic mass is 16.5.